The molecule has 4 rings (SSSR count). The lowest BCUT2D eigenvalue weighted by molar-refractivity contribution is -0.149. The topological polar surface area (TPSA) is 83.6 Å². The molecule has 1 aromatic heterocycles. The number of hydrogen-bond acceptors (Lipinski definition) is 4. The van der Waals surface area contributed by atoms with Crippen LogP contribution >= 0.6 is 11.6 Å². The Kier molecular flexibility index (Phi) is 3.80. The van der Waals surface area contributed by atoms with Gasteiger partial charge in [-0.25, -0.2) is 0 Å². The van der Waals surface area contributed by atoms with Gasteiger partial charge in [0.25, 0.3) is 5.91 Å². The predicted molar refractivity (Wildman–Crippen MR) is 90.3 cm³/mol. The van der Waals surface area contributed by atoms with E-state index in [9.17, 15) is 14.7 Å². The second kappa shape index (κ2) is 5.88. The monoisotopic (exact) mass is 360 g/mol. The quantitative estimate of drug-likeness (QED) is 0.907. The summed E-state index contributed by atoms with van der Waals surface area (Å²) in [6.07, 6.45) is 2.38. The van der Waals surface area contributed by atoms with Crippen molar-refractivity contribution in [1.82, 2.24) is 10.1 Å². The van der Waals surface area contributed by atoms with Crippen molar-refractivity contribution >= 4 is 23.5 Å². The second-order valence-electron chi connectivity index (χ2n) is 6.82. The number of carboxylic acids is 1. The normalized spacial score (nSPS) is 25.2. The molecule has 2 heterocycles. The molecule has 1 amide bonds. The average Bonchev–Trinajstić information content (AvgIpc) is 3.28. The van der Waals surface area contributed by atoms with Crippen molar-refractivity contribution in [3.05, 3.63) is 41.1 Å². The molecule has 0 unspecified atom stereocenters. The summed E-state index contributed by atoms with van der Waals surface area (Å²) in [6.45, 7) is 0.692. The van der Waals surface area contributed by atoms with Crippen LogP contribution in [0, 0.1) is 11.3 Å². The van der Waals surface area contributed by atoms with Crippen molar-refractivity contribution in [1.29, 1.82) is 0 Å². The van der Waals surface area contributed by atoms with Gasteiger partial charge in [0.1, 0.15) is 5.69 Å². The molecule has 0 spiro atoms. The van der Waals surface area contributed by atoms with Crippen LogP contribution in [0.3, 0.4) is 0 Å². The van der Waals surface area contributed by atoms with Gasteiger partial charge in [-0.1, -0.05) is 35.3 Å². The lowest BCUT2D eigenvalue weighted by Crippen LogP contribution is -2.37. The maximum atomic E-state index is 12.7. The molecule has 130 valence electrons. The van der Waals surface area contributed by atoms with Gasteiger partial charge in [-0.3, -0.25) is 9.59 Å². The van der Waals surface area contributed by atoms with E-state index in [1.54, 1.807) is 29.2 Å². The molecule has 2 atom stereocenters. The predicted octanol–water partition coefficient (Wildman–Crippen LogP) is 3.32. The van der Waals surface area contributed by atoms with E-state index in [0.717, 1.165) is 18.4 Å². The molecule has 1 N–H and O–H groups in total. The van der Waals surface area contributed by atoms with Gasteiger partial charge in [-0.15, -0.1) is 0 Å². The van der Waals surface area contributed by atoms with E-state index in [4.69, 9.17) is 16.1 Å². The van der Waals surface area contributed by atoms with Gasteiger partial charge >= 0.3 is 5.97 Å². The number of halogens is 1. The van der Waals surface area contributed by atoms with E-state index < -0.39 is 11.4 Å². The zero-order valence-corrected chi connectivity index (χ0v) is 14.2. The average molecular weight is 361 g/mol. The van der Waals surface area contributed by atoms with Crippen LogP contribution in [0.1, 0.15) is 29.8 Å². The fraction of sp³-hybridized carbons (Fsp3) is 0.389. The molecule has 7 heteroatoms. The highest BCUT2D eigenvalue weighted by molar-refractivity contribution is 6.30. The first-order chi connectivity index (χ1) is 12.0. The Labute approximate surface area is 149 Å². The fourth-order valence-electron chi connectivity index (χ4n) is 4.11. The Hall–Kier alpha value is -2.34. The van der Waals surface area contributed by atoms with Crippen molar-refractivity contribution in [3.63, 3.8) is 0 Å². The highest BCUT2D eigenvalue weighted by atomic mass is 35.5. The Morgan fingerprint density at radius 2 is 2.20 bits per heavy atom. The Bertz CT molecular complexity index is 849. The molecule has 2 aliphatic rings. The van der Waals surface area contributed by atoms with E-state index in [1.165, 1.54) is 0 Å². The minimum absolute atomic E-state index is 0.0178. The van der Waals surface area contributed by atoms with E-state index in [1.807, 2.05) is 6.07 Å². The summed E-state index contributed by atoms with van der Waals surface area (Å²) < 4.78 is 5.22. The molecule has 1 aliphatic heterocycles. The lowest BCUT2D eigenvalue weighted by atomic mass is 9.81. The number of carbonyl (C=O) groups excluding carboxylic acids is 1. The standard InChI is InChI=1S/C18H17ClN2O4/c19-13-5-1-3-11(7-13)14-8-15(25-20-14)16(22)21-9-12-4-2-6-18(12,10-21)17(23)24/h1,3,5,7-8,12H,2,4,6,9-10H2,(H,23,24)/t12-,18+/m0/s1. The summed E-state index contributed by atoms with van der Waals surface area (Å²) in [6, 6.07) is 8.71. The minimum Gasteiger partial charge on any atom is -0.481 e. The molecule has 6 nitrogen and oxygen atoms in total. The van der Waals surface area contributed by atoms with Crippen molar-refractivity contribution in [2.45, 2.75) is 19.3 Å². The van der Waals surface area contributed by atoms with Gasteiger partial charge in [0.05, 0.1) is 5.41 Å². The van der Waals surface area contributed by atoms with E-state index >= 15 is 0 Å². The summed E-state index contributed by atoms with van der Waals surface area (Å²) in [5.41, 5.74) is 0.486. The third kappa shape index (κ3) is 2.61. The van der Waals surface area contributed by atoms with Crippen LogP contribution in [0.5, 0.6) is 0 Å². The second-order valence-corrected chi connectivity index (χ2v) is 7.26. The highest BCUT2D eigenvalue weighted by Crippen LogP contribution is 2.49. The van der Waals surface area contributed by atoms with Gasteiger partial charge in [0, 0.05) is 29.7 Å². The number of hydrogen-bond donors (Lipinski definition) is 1. The zero-order valence-electron chi connectivity index (χ0n) is 13.4. The van der Waals surface area contributed by atoms with Crippen LogP contribution in [-0.4, -0.2) is 40.1 Å². The number of likely N-dealkylation sites (tertiary alicyclic amines) is 1. The molecular weight excluding hydrogens is 344 g/mol. The third-order valence-electron chi connectivity index (χ3n) is 5.43. The molecular formula is C18H17ClN2O4. The van der Waals surface area contributed by atoms with Crippen molar-refractivity contribution in [3.8, 4) is 11.3 Å². The maximum absolute atomic E-state index is 12.7. The smallest absolute Gasteiger partial charge is 0.311 e. The number of aromatic nitrogens is 1. The third-order valence-corrected chi connectivity index (χ3v) is 5.66. The van der Waals surface area contributed by atoms with Crippen molar-refractivity contribution in [2.24, 2.45) is 11.3 Å². The first-order valence-corrected chi connectivity index (χ1v) is 8.63. The van der Waals surface area contributed by atoms with Crippen LogP contribution in [0.4, 0.5) is 0 Å². The number of amides is 1. The van der Waals surface area contributed by atoms with Crippen molar-refractivity contribution < 1.29 is 19.2 Å². The molecule has 2 aromatic rings. The molecule has 1 aromatic carbocycles. The zero-order chi connectivity index (χ0) is 17.6. The van der Waals surface area contributed by atoms with E-state index in [-0.39, 0.29) is 24.1 Å². The Balaban J connectivity index is 1.56. The van der Waals surface area contributed by atoms with Gasteiger partial charge in [0.15, 0.2) is 0 Å². The minimum atomic E-state index is -0.803. The molecule has 0 bridgehead atoms. The van der Waals surface area contributed by atoms with Crippen LogP contribution in [-0.2, 0) is 4.79 Å². The first-order valence-electron chi connectivity index (χ1n) is 8.25. The number of rotatable bonds is 3. The Morgan fingerprint density at radius 1 is 1.36 bits per heavy atom. The summed E-state index contributed by atoms with van der Waals surface area (Å²) >= 11 is 5.98. The maximum Gasteiger partial charge on any atom is 0.311 e. The SMILES string of the molecule is O=C(c1cc(-c2cccc(Cl)c2)no1)N1C[C@@H]2CCC[C@@]2(C(=O)O)C1. The fourth-order valence-corrected chi connectivity index (χ4v) is 4.30. The summed E-state index contributed by atoms with van der Waals surface area (Å²) in [7, 11) is 0. The summed E-state index contributed by atoms with van der Waals surface area (Å²) in [5.74, 6) is -0.974. The van der Waals surface area contributed by atoms with Crippen molar-refractivity contribution in [2.75, 3.05) is 13.1 Å². The molecule has 25 heavy (non-hydrogen) atoms. The van der Waals surface area contributed by atoms with E-state index in [2.05, 4.69) is 5.16 Å². The number of benzene rings is 1. The number of aliphatic carboxylic acids is 1. The van der Waals surface area contributed by atoms with Crippen LogP contribution in [0.2, 0.25) is 5.02 Å². The van der Waals surface area contributed by atoms with Crippen LogP contribution in [0.15, 0.2) is 34.9 Å². The number of carboxylic acid groups (broad SMARTS) is 1. The molecule has 2 fully saturated rings. The first kappa shape index (κ1) is 16.1. The molecule has 1 saturated heterocycles. The molecule has 1 aliphatic carbocycles. The summed E-state index contributed by atoms with van der Waals surface area (Å²) in [4.78, 5) is 26.1. The largest absolute Gasteiger partial charge is 0.481 e. The number of nitrogens with zero attached hydrogens (tertiary/aromatic N) is 2. The van der Waals surface area contributed by atoms with E-state index in [0.29, 0.717) is 23.7 Å². The van der Waals surface area contributed by atoms with Gasteiger partial charge in [-0.2, -0.15) is 0 Å². The highest BCUT2D eigenvalue weighted by Gasteiger charge is 2.56. The van der Waals surface area contributed by atoms with Crippen LogP contribution < -0.4 is 0 Å². The van der Waals surface area contributed by atoms with Gasteiger partial charge < -0.3 is 14.5 Å². The van der Waals surface area contributed by atoms with Crippen LogP contribution in [0.25, 0.3) is 11.3 Å². The van der Waals surface area contributed by atoms with Gasteiger partial charge in [-0.05, 0) is 30.9 Å². The van der Waals surface area contributed by atoms with Gasteiger partial charge in [0.2, 0.25) is 5.76 Å². The Morgan fingerprint density at radius 3 is 2.92 bits per heavy atom. The lowest BCUT2D eigenvalue weighted by Gasteiger charge is -2.22. The molecule has 0 radical (unpaired) electrons. The number of fused-ring (bicyclic) bond motifs is 1. The molecule has 1 saturated carbocycles. The number of carbonyl (C=O) groups is 2. The summed E-state index contributed by atoms with van der Waals surface area (Å²) in [5, 5.41) is 14.2.